The van der Waals surface area contributed by atoms with Crippen LogP contribution in [0.25, 0.3) is 0 Å². The highest BCUT2D eigenvalue weighted by molar-refractivity contribution is 9.10. The average molecular weight is 352 g/mol. The summed E-state index contributed by atoms with van der Waals surface area (Å²) >= 11 is 3.50. The van der Waals surface area contributed by atoms with E-state index in [4.69, 9.17) is 4.74 Å². The monoisotopic (exact) mass is 351 g/mol. The van der Waals surface area contributed by atoms with Crippen LogP contribution in [0.15, 0.2) is 35.1 Å². The molecule has 1 aromatic carbocycles. The van der Waals surface area contributed by atoms with Crippen LogP contribution in [-0.2, 0) is 13.1 Å². The number of rotatable bonds is 7. The fraction of sp³-hybridized carbons (Fsp3) is 0.438. The number of halogens is 1. The molecule has 2 rings (SSSR count). The molecule has 5 heteroatoms. The first kappa shape index (κ1) is 16.0. The molecular weight excluding hydrogens is 330 g/mol. The number of nitrogens with one attached hydrogen (secondary N) is 1. The third-order valence-electron chi connectivity index (χ3n) is 3.48. The van der Waals surface area contributed by atoms with E-state index >= 15 is 0 Å². The van der Waals surface area contributed by atoms with Gasteiger partial charge in [-0.3, -0.25) is 0 Å². The molecule has 0 saturated heterocycles. The summed E-state index contributed by atoms with van der Waals surface area (Å²) in [6, 6.07) is 6.07. The molecule has 0 aliphatic heterocycles. The number of methoxy groups -OCH3 is 1. The van der Waals surface area contributed by atoms with Crippen LogP contribution in [0.1, 0.15) is 18.3 Å². The van der Waals surface area contributed by atoms with Gasteiger partial charge in [0, 0.05) is 35.5 Å². The second kappa shape index (κ2) is 7.61. The maximum atomic E-state index is 5.39. The minimum absolute atomic E-state index is 0.538. The van der Waals surface area contributed by atoms with Gasteiger partial charge in [0.1, 0.15) is 11.6 Å². The normalized spacial score (nSPS) is 12.4. The van der Waals surface area contributed by atoms with Gasteiger partial charge in [-0.2, -0.15) is 0 Å². The van der Waals surface area contributed by atoms with E-state index in [1.807, 2.05) is 31.5 Å². The number of aromatic nitrogens is 2. The highest BCUT2D eigenvalue weighted by Crippen LogP contribution is 2.22. The molecule has 0 aliphatic rings. The van der Waals surface area contributed by atoms with E-state index in [0.29, 0.717) is 5.92 Å². The predicted octanol–water partition coefficient (Wildman–Crippen LogP) is 3.39. The van der Waals surface area contributed by atoms with Crippen LogP contribution in [0.4, 0.5) is 0 Å². The number of hydrogen-bond acceptors (Lipinski definition) is 3. The summed E-state index contributed by atoms with van der Waals surface area (Å²) < 4.78 is 8.64. The van der Waals surface area contributed by atoms with Crippen LogP contribution in [-0.4, -0.2) is 23.2 Å². The summed E-state index contributed by atoms with van der Waals surface area (Å²) in [7, 11) is 1.71. The van der Waals surface area contributed by atoms with E-state index in [1.165, 1.54) is 0 Å². The van der Waals surface area contributed by atoms with Crippen LogP contribution in [0.3, 0.4) is 0 Å². The molecule has 0 spiro atoms. The van der Waals surface area contributed by atoms with Gasteiger partial charge in [-0.05, 0) is 37.6 Å². The van der Waals surface area contributed by atoms with Crippen molar-refractivity contribution in [3.8, 4) is 5.75 Å². The molecule has 0 amide bonds. The molecule has 1 aromatic heterocycles. The van der Waals surface area contributed by atoms with Gasteiger partial charge in [-0.15, -0.1) is 0 Å². The van der Waals surface area contributed by atoms with Gasteiger partial charge in [-0.25, -0.2) is 4.98 Å². The Bertz CT molecular complexity index is 583. The zero-order chi connectivity index (χ0) is 15.2. The van der Waals surface area contributed by atoms with Gasteiger partial charge >= 0.3 is 0 Å². The van der Waals surface area contributed by atoms with Crippen molar-refractivity contribution in [3.63, 3.8) is 0 Å². The summed E-state index contributed by atoms with van der Waals surface area (Å²) in [5.41, 5.74) is 1.16. The minimum Gasteiger partial charge on any atom is -0.496 e. The van der Waals surface area contributed by atoms with Crippen molar-refractivity contribution in [2.45, 2.75) is 26.9 Å². The van der Waals surface area contributed by atoms with Gasteiger partial charge in [0.15, 0.2) is 0 Å². The third kappa shape index (κ3) is 4.58. The van der Waals surface area contributed by atoms with Gasteiger partial charge in [0.2, 0.25) is 0 Å². The molecule has 0 fully saturated rings. The summed E-state index contributed by atoms with van der Waals surface area (Å²) in [6.07, 6.45) is 3.88. The lowest BCUT2D eigenvalue weighted by Gasteiger charge is -2.15. The second-order valence-corrected chi connectivity index (χ2v) is 6.23. The molecule has 114 valence electrons. The Morgan fingerprint density at radius 1 is 1.43 bits per heavy atom. The predicted molar refractivity (Wildman–Crippen MR) is 88.5 cm³/mol. The SMILES string of the molecule is COc1ccc(Br)cc1CNCC(C)Cn1ccnc1C. The molecule has 1 atom stereocenters. The molecule has 21 heavy (non-hydrogen) atoms. The van der Waals surface area contributed by atoms with Crippen molar-refractivity contribution >= 4 is 15.9 Å². The van der Waals surface area contributed by atoms with E-state index < -0.39 is 0 Å². The molecule has 4 nitrogen and oxygen atoms in total. The topological polar surface area (TPSA) is 39.1 Å². The van der Waals surface area contributed by atoms with E-state index in [1.54, 1.807) is 7.11 Å². The largest absolute Gasteiger partial charge is 0.496 e. The summed E-state index contributed by atoms with van der Waals surface area (Å²) in [5.74, 6) is 2.52. The van der Waals surface area contributed by atoms with E-state index in [0.717, 1.165) is 41.2 Å². The molecule has 1 heterocycles. The van der Waals surface area contributed by atoms with Crippen molar-refractivity contribution in [2.75, 3.05) is 13.7 Å². The number of hydrogen-bond donors (Lipinski definition) is 1. The first-order chi connectivity index (χ1) is 10.1. The van der Waals surface area contributed by atoms with E-state index in [2.05, 4.69) is 43.8 Å². The summed E-state index contributed by atoms with van der Waals surface area (Å²) in [6.45, 7) is 7.01. The van der Waals surface area contributed by atoms with Crippen LogP contribution >= 0.6 is 15.9 Å². The molecule has 0 aliphatic carbocycles. The lowest BCUT2D eigenvalue weighted by Crippen LogP contribution is -2.24. The second-order valence-electron chi connectivity index (χ2n) is 5.32. The molecule has 2 aromatic rings. The molecule has 0 bridgehead atoms. The van der Waals surface area contributed by atoms with Crippen molar-refractivity contribution < 1.29 is 4.74 Å². The maximum Gasteiger partial charge on any atom is 0.123 e. The summed E-state index contributed by atoms with van der Waals surface area (Å²) in [5, 5.41) is 3.50. The zero-order valence-electron chi connectivity index (χ0n) is 12.8. The molecular formula is C16H22BrN3O. The fourth-order valence-corrected chi connectivity index (χ4v) is 2.74. The molecule has 1 N–H and O–H groups in total. The quantitative estimate of drug-likeness (QED) is 0.830. The average Bonchev–Trinajstić information content (AvgIpc) is 2.84. The number of imidazole rings is 1. The Morgan fingerprint density at radius 3 is 2.90 bits per heavy atom. The lowest BCUT2D eigenvalue weighted by molar-refractivity contribution is 0.402. The Kier molecular flexibility index (Phi) is 5.82. The van der Waals surface area contributed by atoms with E-state index in [-0.39, 0.29) is 0 Å². The number of nitrogens with zero attached hydrogens (tertiary/aromatic N) is 2. The Hall–Kier alpha value is -1.33. The number of ether oxygens (including phenoxy) is 1. The number of benzene rings is 1. The van der Waals surface area contributed by atoms with E-state index in [9.17, 15) is 0 Å². The van der Waals surface area contributed by atoms with Crippen LogP contribution in [0.5, 0.6) is 5.75 Å². The molecule has 1 unspecified atom stereocenters. The summed E-state index contributed by atoms with van der Waals surface area (Å²) in [4.78, 5) is 4.25. The third-order valence-corrected chi connectivity index (χ3v) is 3.98. The Morgan fingerprint density at radius 2 is 2.24 bits per heavy atom. The highest BCUT2D eigenvalue weighted by atomic mass is 79.9. The van der Waals surface area contributed by atoms with Gasteiger partial charge in [0.25, 0.3) is 0 Å². The zero-order valence-corrected chi connectivity index (χ0v) is 14.4. The fourth-order valence-electron chi connectivity index (χ4n) is 2.34. The number of aryl methyl sites for hydroxylation is 1. The minimum atomic E-state index is 0.538. The maximum absolute atomic E-state index is 5.39. The van der Waals surface area contributed by atoms with Crippen molar-refractivity contribution in [1.82, 2.24) is 14.9 Å². The van der Waals surface area contributed by atoms with Gasteiger partial charge < -0.3 is 14.6 Å². The van der Waals surface area contributed by atoms with Gasteiger partial charge in [0.05, 0.1) is 7.11 Å². The Balaban J connectivity index is 1.84. The van der Waals surface area contributed by atoms with Crippen molar-refractivity contribution in [2.24, 2.45) is 5.92 Å². The molecule has 0 saturated carbocycles. The standard InChI is InChI=1S/C16H22BrN3O/c1-12(11-20-7-6-19-13(20)2)9-18-10-14-8-15(17)4-5-16(14)21-3/h4-8,12,18H,9-11H2,1-3H3. The molecule has 0 radical (unpaired) electrons. The Labute approximate surface area is 134 Å². The van der Waals surface area contributed by atoms with Gasteiger partial charge in [-0.1, -0.05) is 22.9 Å². The van der Waals surface area contributed by atoms with Crippen molar-refractivity contribution in [3.05, 3.63) is 46.5 Å². The highest BCUT2D eigenvalue weighted by Gasteiger charge is 2.07. The lowest BCUT2D eigenvalue weighted by atomic mass is 10.1. The van der Waals surface area contributed by atoms with Crippen LogP contribution in [0.2, 0.25) is 0 Å². The smallest absolute Gasteiger partial charge is 0.123 e. The first-order valence-corrected chi connectivity index (χ1v) is 7.90. The van der Waals surface area contributed by atoms with Crippen LogP contribution in [0, 0.1) is 12.8 Å². The first-order valence-electron chi connectivity index (χ1n) is 7.11. The van der Waals surface area contributed by atoms with Crippen LogP contribution < -0.4 is 10.1 Å². The van der Waals surface area contributed by atoms with Crippen molar-refractivity contribution in [1.29, 1.82) is 0 Å².